The second-order valence-electron chi connectivity index (χ2n) is 6.22. The molecule has 5 heteroatoms. The van der Waals surface area contributed by atoms with Crippen molar-refractivity contribution in [1.82, 2.24) is 0 Å². The van der Waals surface area contributed by atoms with Crippen LogP contribution in [0.1, 0.15) is 25.2 Å². The Morgan fingerprint density at radius 3 is 2.27 bits per heavy atom. The summed E-state index contributed by atoms with van der Waals surface area (Å²) in [7, 11) is -3.24. The molecular weight excluding hydrogens is 346 g/mol. The van der Waals surface area contributed by atoms with E-state index in [1.165, 1.54) is 11.9 Å². The molecule has 0 saturated heterocycles. The fourth-order valence-corrected chi connectivity index (χ4v) is 3.54. The quantitative estimate of drug-likeness (QED) is 0.623. The molecule has 136 valence electrons. The molecule has 0 atom stereocenters. The molecule has 2 aromatic carbocycles. The fourth-order valence-electron chi connectivity index (χ4n) is 2.91. The molecule has 0 radical (unpaired) electrons. The van der Waals surface area contributed by atoms with Crippen molar-refractivity contribution in [2.24, 2.45) is 0 Å². The zero-order valence-electron chi connectivity index (χ0n) is 15.3. The molecule has 26 heavy (non-hydrogen) atoms. The van der Waals surface area contributed by atoms with Gasteiger partial charge in [0.1, 0.15) is 11.3 Å². The first-order valence-electron chi connectivity index (χ1n) is 8.67. The Bertz CT molecular complexity index is 1030. The first kappa shape index (κ1) is 18.3. The van der Waals surface area contributed by atoms with E-state index < -0.39 is 9.84 Å². The lowest BCUT2D eigenvalue weighted by Crippen LogP contribution is -2.21. The largest absolute Gasteiger partial charge is 0.457 e. The monoisotopic (exact) mass is 369 g/mol. The smallest absolute Gasteiger partial charge is 0.175 e. The van der Waals surface area contributed by atoms with Crippen LogP contribution in [-0.2, 0) is 9.84 Å². The van der Waals surface area contributed by atoms with E-state index in [1.807, 2.05) is 18.2 Å². The molecule has 0 amide bonds. The van der Waals surface area contributed by atoms with E-state index in [2.05, 4.69) is 43.0 Å². The van der Waals surface area contributed by atoms with E-state index >= 15 is 0 Å². The van der Waals surface area contributed by atoms with E-state index in [9.17, 15) is 8.42 Å². The lowest BCUT2D eigenvalue weighted by Gasteiger charge is -2.20. The number of rotatable bonds is 6. The number of hydrogen-bond donors (Lipinski definition) is 0. The third-order valence-electron chi connectivity index (χ3n) is 4.40. The van der Waals surface area contributed by atoms with Crippen LogP contribution in [0.25, 0.3) is 23.1 Å². The van der Waals surface area contributed by atoms with Crippen molar-refractivity contribution in [2.75, 3.05) is 24.2 Å². The lowest BCUT2D eigenvalue weighted by molar-refractivity contribution is 0.596. The lowest BCUT2D eigenvalue weighted by atomic mass is 10.1. The topological polar surface area (TPSA) is 50.5 Å². The molecule has 0 unspecified atom stereocenters. The van der Waals surface area contributed by atoms with E-state index in [0.717, 1.165) is 24.0 Å². The molecule has 0 aliphatic carbocycles. The standard InChI is InChI=1S/C21H23NO3S/c1-4-22(5-2)18-10-6-16(7-11-18)8-12-19-14-17-9-13-20(26(3,23)24)15-21(17)25-19/h6-15H,4-5H2,1-3H3/b12-8+. The maximum atomic E-state index is 11.7. The Morgan fingerprint density at radius 1 is 0.962 bits per heavy atom. The number of anilines is 1. The van der Waals surface area contributed by atoms with Crippen molar-refractivity contribution < 1.29 is 12.8 Å². The molecule has 1 heterocycles. The molecule has 1 aromatic heterocycles. The molecule has 3 rings (SSSR count). The summed E-state index contributed by atoms with van der Waals surface area (Å²) < 4.78 is 29.1. The van der Waals surface area contributed by atoms with Crippen LogP contribution in [0.4, 0.5) is 5.69 Å². The van der Waals surface area contributed by atoms with Crippen molar-refractivity contribution in [2.45, 2.75) is 18.7 Å². The minimum absolute atomic E-state index is 0.266. The van der Waals surface area contributed by atoms with Gasteiger partial charge in [0.15, 0.2) is 9.84 Å². The Hall–Kier alpha value is -2.53. The molecule has 0 saturated carbocycles. The van der Waals surface area contributed by atoms with Crippen LogP contribution >= 0.6 is 0 Å². The molecule has 0 aliphatic heterocycles. The summed E-state index contributed by atoms with van der Waals surface area (Å²) in [5.74, 6) is 0.693. The highest BCUT2D eigenvalue weighted by Crippen LogP contribution is 2.24. The Balaban J connectivity index is 1.82. The maximum Gasteiger partial charge on any atom is 0.175 e. The molecule has 4 nitrogen and oxygen atoms in total. The minimum Gasteiger partial charge on any atom is -0.457 e. The SMILES string of the molecule is CCN(CC)c1ccc(/C=C/c2cc3ccc(S(C)(=O)=O)cc3o2)cc1. The normalized spacial score (nSPS) is 12.1. The number of fused-ring (bicyclic) bond motifs is 1. The highest BCUT2D eigenvalue weighted by Gasteiger charge is 2.10. The summed E-state index contributed by atoms with van der Waals surface area (Å²) in [4.78, 5) is 2.56. The highest BCUT2D eigenvalue weighted by atomic mass is 32.2. The first-order chi connectivity index (χ1) is 12.4. The second-order valence-corrected chi connectivity index (χ2v) is 8.23. The summed E-state index contributed by atoms with van der Waals surface area (Å²) in [5.41, 5.74) is 2.87. The van der Waals surface area contributed by atoms with Gasteiger partial charge < -0.3 is 9.32 Å². The number of sulfone groups is 1. The van der Waals surface area contributed by atoms with Crippen LogP contribution < -0.4 is 4.90 Å². The van der Waals surface area contributed by atoms with Gasteiger partial charge in [-0.05, 0) is 55.8 Å². The average Bonchev–Trinajstić information content (AvgIpc) is 3.03. The minimum atomic E-state index is -3.24. The molecule has 3 aromatic rings. The fraction of sp³-hybridized carbons (Fsp3) is 0.238. The third kappa shape index (κ3) is 3.99. The average molecular weight is 369 g/mol. The van der Waals surface area contributed by atoms with Crippen LogP contribution in [0.15, 0.2) is 57.8 Å². The van der Waals surface area contributed by atoms with Crippen LogP contribution in [0.3, 0.4) is 0 Å². The summed E-state index contributed by atoms with van der Waals surface area (Å²) in [6, 6.07) is 15.2. The molecule has 0 fully saturated rings. The summed E-state index contributed by atoms with van der Waals surface area (Å²) in [6.07, 6.45) is 5.08. The number of benzene rings is 2. The van der Waals surface area contributed by atoms with E-state index in [-0.39, 0.29) is 4.90 Å². The van der Waals surface area contributed by atoms with E-state index in [0.29, 0.717) is 11.3 Å². The van der Waals surface area contributed by atoms with Crippen LogP contribution in [0.5, 0.6) is 0 Å². The van der Waals surface area contributed by atoms with E-state index in [1.54, 1.807) is 18.2 Å². The predicted octanol–water partition coefficient (Wildman–Crippen LogP) is 4.85. The summed E-state index contributed by atoms with van der Waals surface area (Å²) in [5, 5.41) is 0.883. The Labute approximate surface area is 154 Å². The molecule has 0 aliphatic rings. The van der Waals surface area contributed by atoms with Crippen LogP contribution in [0.2, 0.25) is 0 Å². The molecule has 0 N–H and O–H groups in total. The Morgan fingerprint density at radius 2 is 1.65 bits per heavy atom. The Kier molecular flexibility index (Phi) is 5.18. The second kappa shape index (κ2) is 7.38. The maximum absolute atomic E-state index is 11.7. The van der Waals surface area contributed by atoms with Gasteiger partial charge >= 0.3 is 0 Å². The van der Waals surface area contributed by atoms with Crippen LogP contribution in [0, 0.1) is 0 Å². The molecule has 0 spiro atoms. The number of furan rings is 1. The predicted molar refractivity (Wildman–Crippen MR) is 108 cm³/mol. The number of hydrogen-bond acceptors (Lipinski definition) is 4. The van der Waals surface area contributed by atoms with Crippen molar-refractivity contribution in [3.8, 4) is 0 Å². The van der Waals surface area contributed by atoms with Gasteiger partial charge in [-0.25, -0.2) is 8.42 Å². The highest BCUT2D eigenvalue weighted by molar-refractivity contribution is 7.90. The van der Waals surface area contributed by atoms with Gasteiger partial charge in [-0.2, -0.15) is 0 Å². The molecule has 0 bridgehead atoms. The van der Waals surface area contributed by atoms with Crippen molar-refractivity contribution in [1.29, 1.82) is 0 Å². The molecular formula is C21H23NO3S. The zero-order chi connectivity index (χ0) is 18.7. The van der Waals surface area contributed by atoms with Gasteiger partial charge in [0, 0.05) is 36.5 Å². The number of nitrogens with zero attached hydrogens (tertiary/aromatic N) is 1. The van der Waals surface area contributed by atoms with Gasteiger partial charge in [0.05, 0.1) is 4.90 Å². The van der Waals surface area contributed by atoms with Crippen molar-refractivity contribution in [3.63, 3.8) is 0 Å². The van der Waals surface area contributed by atoms with Gasteiger partial charge in [0.25, 0.3) is 0 Å². The van der Waals surface area contributed by atoms with Crippen molar-refractivity contribution >= 4 is 38.6 Å². The zero-order valence-corrected chi connectivity index (χ0v) is 16.1. The van der Waals surface area contributed by atoms with Gasteiger partial charge in [0.2, 0.25) is 0 Å². The van der Waals surface area contributed by atoms with Crippen molar-refractivity contribution in [3.05, 3.63) is 59.9 Å². The van der Waals surface area contributed by atoms with Crippen LogP contribution in [-0.4, -0.2) is 27.8 Å². The summed E-state index contributed by atoms with van der Waals surface area (Å²) in [6.45, 7) is 6.27. The third-order valence-corrected chi connectivity index (χ3v) is 5.51. The first-order valence-corrected chi connectivity index (χ1v) is 10.6. The van der Waals surface area contributed by atoms with Gasteiger partial charge in [-0.15, -0.1) is 0 Å². The van der Waals surface area contributed by atoms with Gasteiger partial charge in [-0.3, -0.25) is 0 Å². The summed E-state index contributed by atoms with van der Waals surface area (Å²) >= 11 is 0. The van der Waals surface area contributed by atoms with Gasteiger partial charge in [-0.1, -0.05) is 18.2 Å². The van der Waals surface area contributed by atoms with E-state index in [4.69, 9.17) is 4.42 Å².